The zero-order chi connectivity index (χ0) is 29.4. The molecule has 16 nitrogen and oxygen atoms in total. The second-order valence-electron chi connectivity index (χ2n) is 10.0. The summed E-state index contributed by atoms with van der Waals surface area (Å²) in [6.07, 6.45) is 1.16. The summed E-state index contributed by atoms with van der Waals surface area (Å²) in [5.74, 6) is 0.461. The standard InChI is InChI=1S/C23H30FN9O7P2/c24-15-13(39-22(17(15)40-35)33-9-29-16-20(33)30-23(26)31-21(16)34)7-37-42-4-2-10-5-14(38-12(10)6-36-41)32-3-1-11-18(25)27-8-28-19(11)32/h1,3,8-10,12-15,17,22,35,42H,2,4-7,41H2,(H2,25,27,28)(H3,26,30,31,34)/t10-,12+,13+,14+,15+,17+,22+/m0/s1. The third kappa shape index (κ3) is 5.47. The number of halogens is 1. The molecule has 0 spiro atoms. The minimum Gasteiger partial charge on any atom is -0.383 e. The van der Waals surface area contributed by atoms with Crippen molar-refractivity contribution >= 4 is 52.2 Å². The van der Waals surface area contributed by atoms with Crippen molar-refractivity contribution in [2.24, 2.45) is 5.92 Å². The van der Waals surface area contributed by atoms with Gasteiger partial charge in [-0.1, -0.05) is 0 Å². The fourth-order valence-electron chi connectivity index (χ4n) is 5.51. The van der Waals surface area contributed by atoms with E-state index >= 15 is 4.39 Å². The van der Waals surface area contributed by atoms with E-state index in [4.69, 9.17) is 30.0 Å². The number of hydrogen-bond donors (Lipinski definition) is 4. The molecule has 0 saturated carbocycles. The van der Waals surface area contributed by atoms with Gasteiger partial charge in [-0.3, -0.25) is 19.6 Å². The van der Waals surface area contributed by atoms with Crippen LogP contribution in [0.15, 0.2) is 29.7 Å². The number of nitrogens with one attached hydrogen (secondary N) is 1. The third-order valence-electron chi connectivity index (χ3n) is 7.55. The summed E-state index contributed by atoms with van der Waals surface area (Å²) in [6.45, 7) is 0.335. The van der Waals surface area contributed by atoms with E-state index in [-0.39, 0.29) is 50.8 Å². The summed E-state index contributed by atoms with van der Waals surface area (Å²) in [5.41, 5.74) is 11.8. The van der Waals surface area contributed by atoms with E-state index in [1.165, 1.54) is 17.2 Å². The van der Waals surface area contributed by atoms with E-state index in [9.17, 15) is 10.1 Å². The van der Waals surface area contributed by atoms with Gasteiger partial charge in [0.15, 0.2) is 29.7 Å². The van der Waals surface area contributed by atoms with Crippen LogP contribution in [0.3, 0.4) is 0 Å². The number of anilines is 2. The van der Waals surface area contributed by atoms with Gasteiger partial charge in [-0.2, -0.15) is 4.98 Å². The maximum absolute atomic E-state index is 15.2. The van der Waals surface area contributed by atoms with Crippen LogP contribution in [0.5, 0.6) is 0 Å². The predicted octanol–water partition coefficient (Wildman–Crippen LogP) is 1.53. The predicted molar refractivity (Wildman–Crippen MR) is 152 cm³/mol. The molecule has 6 N–H and O–H groups in total. The lowest BCUT2D eigenvalue weighted by Gasteiger charge is -2.18. The minimum absolute atomic E-state index is 0.00746. The van der Waals surface area contributed by atoms with Crippen LogP contribution in [0.2, 0.25) is 0 Å². The Kier molecular flexibility index (Phi) is 8.61. The van der Waals surface area contributed by atoms with Gasteiger partial charge in [0, 0.05) is 24.5 Å². The molecule has 0 aromatic carbocycles. The summed E-state index contributed by atoms with van der Waals surface area (Å²) in [6, 6.07) is 1.87. The summed E-state index contributed by atoms with van der Waals surface area (Å²) in [4.78, 5) is 35.3. The molecule has 19 heteroatoms. The number of fused-ring (bicyclic) bond motifs is 2. The number of alkyl halides is 1. The Morgan fingerprint density at radius 1 is 1.19 bits per heavy atom. The Labute approximate surface area is 241 Å². The van der Waals surface area contributed by atoms with Crippen molar-refractivity contribution in [1.29, 1.82) is 0 Å². The number of imidazole rings is 1. The molecule has 2 unspecified atom stereocenters. The van der Waals surface area contributed by atoms with Crippen LogP contribution in [0.1, 0.15) is 25.3 Å². The third-order valence-corrected chi connectivity index (χ3v) is 8.61. The van der Waals surface area contributed by atoms with Crippen molar-refractivity contribution in [3.05, 3.63) is 35.3 Å². The molecule has 0 radical (unpaired) electrons. The van der Waals surface area contributed by atoms with Gasteiger partial charge in [-0.05, 0) is 31.0 Å². The summed E-state index contributed by atoms with van der Waals surface area (Å²) >= 11 is 0. The average molecular weight is 625 g/mol. The van der Waals surface area contributed by atoms with Crippen LogP contribution < -0.4 is 17.0 Å². The fraction of sp³-hybridized carbons (Fsp3) is 0.522. The molecule has 2 aliphatic rings. The highest BCUT2D eigenvalue weighted by Crippen LogP contribution is 2.40. The zero-order valence-electron chi connectivity index (χ0n) is 22.1. The molecule has 2 fully saturated rings. The number of nitrogen functional groups attached to an aromatic ring is 2. The van der Waals surface area contributed by atoms with E-state index in [1.54, 1.807) is 0 Å². The van der Waals surface area contributed by atoms with Gasteiger partial charge in [0.05, 0.1) is 31.0 Å². The van der Waals surface area contributed by atoms with E-state index in [0.717, 1.165) is 18.2 Å². The smallest absolute Gasteiger partial charge is 0.280 e. The van der Waals surface area contributed by atoms with Crippen molar-refractivity contribution < 1.29 is 33.1 Å². The van der Waals surface area contributed by atoms with Gasteiger partial charge < -0.3 is 34.6 Å². The lowest BCUT2D eigenvalue weighted by molar-refractivity contribution is -0.300. The SMILES string of the molecule is Nc1nc2c(ncn2[C@@H]2O[C@H](COPCC[C@H]3C[C@H](n4ccc5c(N)ncnc54)O[C@@H]3COP)[C@@H](F)[C@H]2OO)c(=O)[nH]1. The molecule has 4 aromatic rings. The number of rotatable bonds is 11. The van der Waals surface area contributed by atoms with Crippen LogP contribution in [0, 0.1) is 5.92 Å². The summed E-state index contributed by atoms with van der Waals surface area (Å²) < 4.78 is 41.7. The molecule has 6 rings (SSSR count). The van der Waals surface area contributed by atoms with Crippen molar-refractivity contribution in [1.82, 2.24) is 34.1 Å². The Hall–Kier alpha value is -2.88. The lowest BCUT2D eigenvalue weighted by Crippen LogP contribution is -2.31. The highest BCUT2D eigenvalue weighted by molar-refractivity contribution is 7.32. The topological polar surface area (TPSA) is 213 Å². The maximum atomic E-state index is 15.2. The fourth-order valence-corrected chi connectivity index (χ4v) is 6.61. The Morgan fingerprint density at radius 3 is 2.86 bits per heavy atom. The van der Waals surface area contributed by atoms with Crippen LogP contribution in [-0.4, -0.2) is 83.2 Å². The van der Waals surface area contributed by atoms with E-state index in [1.807, 2.05) is 16.8 Å². The van der Waals surface area contributed by atoms with Crippen molar-refractivity contribution in [2.75, 3.05) is 30.8 Å². The minimum atomic E-state index is -1.72. The van der Waals surface area contributed by atoms with Crippen LogP contribution in [0.25, 0.3) is 22.2 Å². The largest absolute Gasteiger partial charge is 0.383 e. The Morgan fingerprint density at radius 2 is 2.05 bits per heavy atom. The molecule has 226 valence electrons. The highest BCUT2D eigenvalue weighted by Gasteiger charge is 2.48. The monoisotopic (exact) mass is 625 g/mol. The number of hydrogen-bond acceptors (Lipinski definition) is 13. The van der Waals surface area contributed by atoms with Crippen molar-refractivity contribution in [2.45, 2.75) is 49.8 Å². The molecule has 0 aliphatic carbocycles. The highest BCUT2D eigenvalue weighted by atomic mass is 31.1. The van der Waals surface area contributed by atoms with Gasteiger partial charge in [0.2, 0.25) is 5.95 Å². The number of aromatic amines is 1. The first-order valence-corrected chi connectivity index (χ1v) is 14.7. The van der Waals surface area contributed by atoms with Gasteiger partial charge in [-0.25, -0.2) is 24.2 Å². The molecule has 0 bridgehead atoms. The van der Waals surface area contributed by atoms with Gasteiger partial charge >= 0.3 is 0 Å². The van der Waals surface area contributed by atoms with Gasteiger partial charge in [0.1, 0.15) is 30.1 Å². The quantitative estimate of drug-likeness (QED) is 0.0807. The van der Waals surface area contributed by atoms with E-state index in [0.29, 0.717) is 24.2 Å². The number of nitrogens with zero attached hydrogens (tertiary/aromatic N) is 6. The number of aromatic nitrogens is 7. The van der Waals surface area contributed by atoms with Gasteiger partial charge in [0.25, 0.3) is 5.56 Å². The van der Waals surface area contributed by atoms with E-state index < -0.39 is 30.2 Å². The molecule has 2 aliphatic heterocycles. The number of H-pyrrole nitrogens is 1. The number of ether oxygens (including phenoxy) is 2. The Bertz CT molecular complexity index is 1610. The lowest BCUT2D eigenvalue weighted by atomic mass is 9.98. The first kappa shape index (κ1) is 29.2. The maximum Gasteiger partial charge on any atom is 0.280 e. The second-order valence-corrected chi connectivity index (χ2v) is 11.4. The molecular formula is C23H30FN9O7P2. The second kappa shape index (κ2) is 12.4. The molecule has 42 heavy (non-hydrogen) atoms. The molecule has 6 heterocycles. The number of nitrogens with two attached hydrogens (primary N) is 2. The normalized spacial score (nSPS) is 28.2. The summed E-state index contributed by atoms with van der Waals surface area (Å²) in [5, 5.41) is 10.2. The van der Waals surface area contributed by atoms with Crippen molar-refractivity contribution in [3.8, 4) is 0 Å². The molecule has 4 aromatic heterocycles. The first-order valence-electron chi connectivity index (χ1n) is 13.1. The summed E-state index contributed by atoms with van der Waals surface area (Å²) in [7, 11) is 2.32. The molecule has 0 amide bonds. The van der Waals surface area contributed by atoms with E-state index in [2.05, 4.69) is 39.3 Å². The molecular weight excluding hydrogens is 595 g/mol. The average Bonchev–Trinajstić information content (AvgIpc) is 3.74. The molecule has 2 saturated heterocycles. The Balaban J connectivity index is 1.04. The first-order chi connectivity index (χ1) is 20.4. The van der Waals surface area contributed by atoms with Crippen LogP contribution in [0.4, 0.5) is 16.2 Å². The zero-order valence-corrected chi connectivity index (χ0v) is 24.2. The van der Waals surface area contributed by atoms with Crippen LogP contribution >= 0.6 is 18.3 Å². The van der Waals surface area contributed by atoms with Crippen molar-refractivity contribution in [3.63, 3.8) is 0 Å². The molecule has 9 atom stereocenters. The van der Waals surface area contributed by atoms with Crippen LogP contribution in [-0.2, 0) is 23.4 Å². The van der Waals surface area contributed by atoms with Gasteiger partial charge in [-0.15, -0.1) is 0 Å².